The maximum Gasteiger partial charge on any atom is 0.329 e. The van der Waals surface area contributed by atoms with Crippen molar-refractivity contribution in [2.75, 3.05) is 5.32 Å². The summed E-state index contributed by atoms with van der Waals surface area (Å²) in [7, 11) is 0. The molecule has 0 bridgehead atoms. The Morgan fingerprint density at radius 3 is 2.22 bits per heavy atom. The van der Waals surface area contributed by atoms with Crippen LogP contribution in [-0.4, -0.2) is 18.0 Å². The number of amides is 2. The summed E-state index contributed by atoms with van der Waals surface area (Å²) < 4.78 is 12.7. The molecule has 0 aliphatic heterocycles. The highest BCUT2D eigenvalue weighted by Gasteiger charge is 2.13. The molecule has 2 N–H and O–H groups in total. The van der Waals surface area contributed by atoms with Gasteiger partial charge in [-0.05, 0) is 54.8 Å². The van der Waals surface area contributed by atoms with Gasteiger partial charge >= 0.3 is 11.8 Å². The van der Waals surface area contributed by atoms with Crippen LogP contribution < -0.4 is 10.7 Å². The van der Waals surface area contributed by atoms with Gasteiger partial charge in [-0.1, -0.05) is 18.2 Å². The Balaban J connectivity index is 1.92. The van der Waals surface area contributed by atoms with E-state index in [2.05, 4.69) is 15.8 Å². The van der Waals surface area contributed by atoms with Gasteiger partial charge in [0.1, 0.15) is 5.82 Å². The molecule has 0 aliphatic rings. The Hall–Kier alpha value is -3.02. The zero-order valence-corrected chi connectivity index (χ0v) is 12.8. The van der Waals surface area contributed by atoms with Crippen molar-refractivity contribution in [1.29, 1.82) is 0 Å². The molecule has 0 saturated heterocycles. The molecule has 0 atom stereocenters. The van der Waals surface area contributed by atoms with E-state index in [1.54, 1.807) is 12.1 Å². The Labute approximate surface area is 133 Å². The van der Waals surface area contributed by atoms with Crippen LogP contribution in [-0.2, 0) is 9.59 Å². The first-order chi connectivity index (χ1) is 10.9. The summed E-state index contributed by atoms with van der Waals surface area (Å²) in [6, 6.07) is 11.0. The topological polar surface area (TPSA) is 70.6 Å². The molecule has 0 heterocycles. The molecule has 2 aromatic carbocycles. The first kappa shape index (κ1) is 16.4. The van der Waals surface area contributed by atoms with Gasteiger partial charge in [0.25, 0.3) is 0 Å². The molecule has 2 aromatic rings. The molecule has 5 nitrogen and oxygen atoms in total. The number of carbonyl (C=O) groups is 2. The number of aryl methyl sites for hydroxylation is 2. The first-order valence-electron chi connectivity index (χ1n) is 6.92. The fourth-order valence-corrected chi connectivity index (χ4v) is 2.00. The lowest BCUT2D eigenvalue weighted by molar-refractivity contribution is -0.136. The second-order valence-electron chi connectivity index (χ2n) is 5.08. The van der Waals surface area contributed by atoms with Crippen LogP contribution in [0.25, 0.3) is 0 Å². The minimum Gasteiger partial charge on any atom is -0.318 e. The lowest BCUT2D eigenvalue weighted by Crippen LogP contribution is -2.32. The summed E-state index contributed by atoms with van der Waals surface area (Å²) in [5.74, 6) is -2.06. The van der Waals surface area contributed by atoms with Crippen molar-refractivity contribution in [3.8, 4) is 0 Å². The summed E-state index contributed by atoms with van der Waals surface area (Å²) in [5.41, 5.74) is 5.23. The van der Waals surface area contributed by atoms with E-state index in [0.717, 1.165) is 11.1 Å². The van der Waals surface area contributed by atoms with E-state index in [9.17, 15) is 14.0 Å². The van der Waals surface area contributed by atoms with E-state index in [0.29, 0.717) is 11.3 Å². The van der Waals surface area contributed by atoms with Gasteiger partial charge < -0.3 is 5.32 Å². The van der Waals surface area contributed by atoms with Crippen LogP contribution in [0.15, 0.2) is 47.6 Å². The third-order valence-corrected chi connectivity index (χ3v) is 2.94. The predicted octanol–water partition coefficient (Wildman–Crippen LogP) is 2.53. The summed E-state index contributed by atoms with van der Waals surface area (Å²) in [5, 5.41) is 6.17. The minimum absolute atomic E-state index is 0.362. The van der Waals surface area contributed by atoms with Crippen LogP contribution in [0.5, 0.6) is 0 Å². The monoisotopic (exact) mass is 313 g/mol. The van der Waals surface area contributed by atoms with E-state index in [1.165, 1.54) is 30.5 Å². The molecule has 23 heavy (non-hydrogen) atoms. The number of rotatable bonds is 3. The summed E-state index contributed by atoms with van der Waals surface area (Å²) >= 11 is 0. The highest BCUT2D eigenvalue weighted by molar-refractivity contribution is 6.39. The summed E-state index contributed by atoms with van der Waals surface area (Å²) in [6.07, 6.45) is 1.32. The van der Waals surface area contributed by atoms with Crippen LogP contribution in [0.2, 0.25) is 0 Å². The predicted molar refractivity (Wildman–Crippen MR) is 86.7 cm³/mol. The Bertz CT molecular complexity index is 735. The SMILES string of the molecule is Cc1cc(C)cc(NC(=O)C(=O)N/N=C\c2ccc(F)cc2)c1. The second-order valence-corrected chi connectivity index (χ2v) is 5.08. The Kier molecular flexibility index (Phi) is 5.19. The number of nitrogens with one attached hydrogen (secondary N) is 2. The fraction of sp³-hybridized carbons (Fsp3) is 0.118. The number of benzene rings is 2. The lowest BCUT2D eigenvalue weighted by Gasteiger charge is -2.06. The number of hydrogen-bond donors (Lipinski definition) is 2. The van der Waals surface area contributed by atoms with Crippen LogP contribution in [0.4, 0.5) is 10.1 Å². The van der Waals surface area contributed by atoms with Crippen LogP contribution in [0.1, 0.15) is 16.7 Å². The zero-order chi connectivity index (χ0) is 16.8. The van der Waals surface area contributed by atoms with Crippen LogP contribution in [0.3, 0.4) is 0 Å². The molecule has 0 aliphatic carbocycles. The van der Waals surface area contributed by atoms with E-state index in [-0.39, 0.29) is 5.82 Å². The first-order valence-corrected chi connectivity index (χ1v) is 6.92. The van der Waals surface area contributed by atoms with Crippen molar-refractivity contribution in [1.82, 2.24) is 5.43 Å². The molecule has 0 fully saturated rings. The smallest absolute Gasteiger partial charge is 0.318 e. The highest BCUT2D eigenvalue weighted by Crippen LogP contribution is 2.13. The Morgan fingerprint density at radius 2 is 1.61 bits per heavy atom. The number of anilines is 1. The quantitative estimate of drug-likeness (QED) is 0.519. The Morgan fingerprint density at radius 1 is 1.00 bits per heavy atom. The number of halogens is 1. The van der Waals surface area contributed by atoms with Gasteiger partial charge in [0.05, 0.1) is 6.21 Å². The van der Waals surface area contributed by atoms with Gasteiger partial charge in [-0.25, -0.2) is 9.82 Å². The average Bonchev–Trinajstić information content (AvgIpc) is 2.48. The lowest BCUT2D eigenvalue weighted by atomic mass is 10.1. The molecular formula is C17H16FN3O2. The van der Waals surface area contributed by atoms with Crippen molar-refractivity contribution in [2.45, 2.75) is 13.8 Å². The molecule has 6 heteroatoms. The van der Waals surface area contributed by atoms with Crippen molar-refractivity contribution in [3.05, 3.63) is 65.0 Å². The van der Waals surface area contributed by atoms with Gasteiger partial charge in [-0.2, -0.15) is 5.10 Å². The van der Waals surface area contributed by atoms with Crippen molar-refractivity contribution in [3.63, 3.8) is 0 Å². The zero-order valence-electron chi connectivity index (χ0n) is 12.8. The van der Waals surface area contributed by atoms with Gasteiger partial charge in [0.2, 0.25) is 0 Å². The van der Waals surface area contributed by atoms with Gasteiger partial charge in [-0.3, -0.25) is 9.59 Å². The van der Waals surface area contributed by atoms with E-state index < -0.39 is 11.8 Å². The average molecular weight is 313 g/mol. The minimum atomic E-state index is -0.887. The fourth-order valence-electron chi connectivity index (χ4n) is 2.00. The van der Waals surface area contributed by atoms with Crippen molar-refractivity contribution >= 4 is 23.7 Å². The van der Waals surface area contributed by atoms with Gasteiger partial charge in [0, 0.05) is 5.69 Å². The van der Waals surface area contributed by atoms with Crippen molar-refractivity contribution in [2.24, 2.45) is 5.10 Å². The number of nitrogens with zero attached hydrogens (tertiary/aromatic N) is 1. The third kappa shape index (κ3) is 5.03. The van der Waals surface area contributed by atoms with E-state index in [1.807, 2.05) is 19.9 Å². The van der Waals surface area contributed by atoms with E-state index in [4.69, 9.17) is 0 Å². The molecule has 0 unspecified atom stereocenters. The molecule has 2 rings (SSSR count). The standard InChI is InChI=1S/C17H16FN3O2/c1-11-7-12(2)9-15(8-11)20-16(22)17(23)21-19-10-13-3-5-14(18)6-4-13/h3-10H,1-2H3,(H,20,22)(H,21,23)/b19-10-. The number of hydrogen-bond acceptors (Lipinski definition) is 3. The highest BCUT2D eigenvalue weighted by atomic mass is 19.1. The molecule has 0 spiro atoms. The molecule has 2 amide bonds. The molecule has 0 aromatic heterocycles. The number of carbonyl (C=O) groups excluding carboxylic acids is 2. The largest absolute Gasteiger partial charge is 0.329 e. The van der Waals surface area contributed by atoms with Crippen LogP contribution >= 0.6 is 0 Å². The molecule has 0 radical (unpaired) electrons. The molecular weight excluding hydrogens is 297 g/mol. The maximum atomic E-state index is 12.7. The molecule has 0 saturated carbocycles. The molecule has 118 valence electrons. The normalized spacial score (nSPS) is 10.6. The van der Waals surface area contributed by atoms with E-state index >= 15 is 0 Å². The number of hydrazone groups is 1. The van der Waals surface area contributed by atoms with Crippen molar-refractivity contribution < 1.29 is 14.0 Å². The third-order valence-electron chi connectivity index (χ3n) is 2.94. The van der Waals surface area contributed by atoms with Gasteiger partial charge in [-0.15, -0.1) is 0 Å². The van der Waals surface area contributed by atoms with Crippen LogP contribution in [0, 0.1) is 19.7 Å². The van der Waals surface area contributed by atoms with Gasteiger partial charge in [0.15, 0.2) is 0 Å². The maximum absolute atomic E-state index is 12.7. The summed E-state index contributed by atoms with van der Waals surface area (Å²) in [4.78, 5) is 23.4. The second kappa shape index (κ2) is 7.31. The summed E-state index contributed by atoms with van der Waals surface area (Å²) in [6.45, 7) is 3.80.